The fourth-order valence-electron chi connectivity index (χ4n) is 2.40. The Bertz CT molecular complexity index is 243. The van der Waals surface area contributed by atoms with Crippen LogP contribution in [0.2, 0.25) is 0 Å². The number of piperidine rings is 1. The van der Waals surface area contributed by atoms with Gasteiger partial charge in [0.2, 0.25) is 5.91 Å². The number of nitrogens with one attached hydrogen (secondary N) is 1. The zero-order valence-electron chi connectivity index (χ0n) is 11.7. The molecule has 1 rings (SSSR count). The van der Waals surface area contributed by atoms with Crippen molar-refractivity contribution in [3.05, 3.63) is 0 Å². The lowest BCUT2D eigenvalue weighted by molar-refractivity contribution is -0.130. The highest BCUT2D eigenvalue weighted by atomic mass is 16.2. The van der Waals surface area contributed by atoms with E-state index in [1.165, 1.54) is 6.42 Å². The van der Waals surface area contributed by atoms with Gasteiger partial charge in [-0.3, -0.25) is 9.69 Å². The summed E-state index contributed by atoms with van der Waals surface area (Å²) in [6.07, 6.45) is 2.30. The van der Waals surface area contributed by atoms with Crippen LogP contribution in [0.1, 0.15) is 26.7 Å². The Balaban J connectivity index is 2.54. The number of carbonyl (C=O) groups is 1. The van der Waals surface area contributed by atoms with Gasteiger partial charge in [-0.25, -0.2) is 0 Å². The normalized spacial score (nSPS) is 25.0. The minimum absolute atomic E-state index is 0.205. The Hall–Kier alpha value is -0.610. The van der Waals surface area contributed by atoms with Gasteiger partial charge >= 0.3 is 0 Å². The summed E-state index contributed by atoms with van der Waals surface area (Å²) in [5.74, 6) is 0.916. The topological polar surface area (TPSA) is 35.6 Å². The third-order valence-electron chi connectivity index (χ3n) is 3.41. The summed E-state index contributed by atoms with van der Waals surface area (Å²) in [7, 11) is 3.66. The predicted octanol–water partition coefficient (Wildman–Crippen LogP) is 0.785. The van der Waals surface area contributed by atoms with Crippen molar-refractivity contribution in [2.45, 2.75) is 32.7 Å². The van der Waals surface area contributed by atoms with Crippen LogP contribution in [-0.4, -0.2) is 62.0 Å². The van der Waals surface area contributed by atoms with E-state index in [1.807, 2.05) is 14.1 Å². The van der Waals surface area contributed by atoms with Gasteiger partial charge in [-0.15, -0.1) is 0 Å². The summed E-state index contributed by atoms with van der Waals surface area (Å²) in [6, 6.07) is 0.516. The lowest BCUT2D eigenvalue weighted by atomic mass is 9.96. The second-order valence-electron chi connectivity index (χ2n) is 5.41. The molecule has 0 radical (unpaired) electrons. The van der Waals surface area contributed by atoms with Crippen LogP contribution >= 0.6 is 0 Å². The molecule has 0 aromatic carbocycles. The second-order valence-corrected chi connectivity index (χ2v) is 5.41. The molecule has 4 heteroatoms. The summed E-state index contributed by atoms with van der Waals surface area (Å²) in [5, 5.41) is 3.46. The van der Waals surface area contributed by atoms with Crippen LogP contribution in [0.15, 0.2) is 0 Å². The quantitative estimate of drug-likeness (QED) is 0.773. The molecule has 1 N–H and O–H groups in total. The Labute approximate surface area is 105 Å². The van der Waals surface area contributed by atoms with Crippen LogP contribution in [0.25, 0.3) is 0 Å². The number of amides is 1. The highest BCUT2D eigenvalue weighted by molar-refractivity contribution is 5.77. The maximum atomic E-state index is 11.8. The van der Waals surface area contributed by atoms with Gasteiger partial charge in [0, 0.05) is 26.7 Å². The van der Waals surface area contributed by atoms with E-state index < -0.39 is 0 Å². The number of likely N-dealkylation sites (N-methyl/N-ethyl adjacent to an activating group) is 1. The molecule has 1 heterocycles. The summed E-state index contributed by atoms with van der Waals surface area (Å²) in [4.78, 5) is 15.8. The summed E-state index contributed by atoms with van der Waals surface area (Å²) in [6.45, 7) is 8.14. The molecule has 1 saturated heterocycles. The van der Waals surface area contributed by atoms with Gasteiger partial charge in [0.15, 0.2) is 0 Å². The second kappa shape index (κ2) is 6.97. The molecule has 100 valence electrons. The first-order valence-electron chi connectivity index (χ1n) is 6.69. The number of hydrogen-bond acceptors (Lipinski definition) is 3. The Morgan fingerprint density at radius 1 is 1.35 bits per heavy atom. The molecule has 0 spiro atoms. The predicted molar refractivity (Wildman–Crippen MR) is 71.0 cm³/mol. The lowest BCUT2D eigenvalue weighted by Gasteiger charge is -2.37. The van der Waals surface area contributed by atoms with Gasteiger partial charge in [-0.05, 0) is 31.8 Å². The minimum Gasteiger partial charge on any atom is -0.348 e. The average Bonchev–Trinajstić information content (AvgIpc) is 2.28. The van der Waals surface area contributed by atoms with E-state index in [0.717, 1.165) is 26.1 Å². The molecular formula is C13H27N3O. The zero-order chi connectivity index (χ0) is 12.8. The number of hydrogen-bond donors (Lipinski definition) is 1. The molecule has 17 heavy (non-hydrogen) atoms. The van der Waals surface area contributed by atoms with Crippen molar-refractivity contribution in [3.8, 4) is 0 Å². The van der Waals surface area contributed by atoms with E-state index in [0.29, 0.717) is 18.5 Å². The summed E-state index contributed by atoms with van der Waals surface area (Å²) < 4.78 is 0. The van der Waals surface area contributed by atoms with Crippen LogP contribution in [0.3, 0.4) is 0 Å². The largest absolute Gasteiger partial charge is 0.348 e. The van der Waals surface area contributed by atoms with E-state index in [1.54, 1.807) is 4.90 Å². The van der Waals surface area contributed by atoms with Crippen LogP contribution in [0, 0.1) is 5.92 Å². The fraction of sp³-hybridized carbons (Fsp3) is 0.923. The monoisotopic (exact) mass is 241 g/mol. The van der Waals surface area contributed by atoms with Crippen LogP contribution in [0.4, 0.5) is 0 Å². The fourth-order valence-corrected chi connectivity index (χ4v) is 2.40. The van der Waals surface area contributed by atoms with E-state index in [9.17, 15) is 4.79 Å². The highest BCUT2D eigenvalue weighted by Crippen LogP contribution is 2.15. The maximum absolute atomic E-state index is 11.8. The van der Waals surface area contributed by atoms with Crippen LogP contribution < -0.4 is 5.32 Å². The van der Waals surface area contributed by atoms with Crippen LogP contribution in [0.5, 0.6) is 0 Å². The molecule has 1 aliphatic rings. The molecule has 1 aliphatic heterocycles. The van der Waals surface area contributed by atoms with E-state index in [-0.39, 0.29) is 5.91 Å². The highest BCUT2D eigenvalue weighted by Gasteiger charge is 2.25. The molecule has 0 aromatic rings. The van der Waals surface area contributed by atoms with Crippen molar-refractivity contribution in [2.75, 3.05) is 40.3 Å². The zero-order valence-corrected chi connectivity index (χ0v) is 11.7. The first-order valence-corrected chi connectivity index (χ1v) is 6.69. The Morgan fingerprint density at radius 2 is 2.06 bits per heavy atom. The van der Waals surface area contributed by atoms with Gasteiger partial charge in [-0.2, -0.15) is 0 Å². The molecular weight excluding hydrogens is 214 g/mol. The third kappa shape index (κ3) is 4.64. The lowest BCUT2D eigenvalue weighted by Crippen LogP contribution is -2.51. The van der Waals surface area contributed by atoms with Crippen molar-refractivity contribution >= 4 is 5.91 Å². The molecule has 0 aliphatic carbocycles. The first kappa shape index (κ1) is 14.5. The van der Waals surface area contributed by atoms with Gasteiger partial charge in [0.25, 0.3) is 0 Å². The van der Waals surface area contributed by atoms with Crippen molar-refractivity contribution in [3.63, 3.8) is 0 Å². The number of nitrogens with zero attached hydrogens (tertiary/aromatic N) is 2. The van der Waals surface area contributed by atoms with E-state index in [4.69, 9.17) is 0 Å². The Kier molecular flexibility index (Phi) is 5.92. The molecule has 0 aromatic heterocycles. The molecule has 1 amide bonds. The number of carbonyl (C=O) groups excluding carboxylic acids is 1. The average molecular weight is 241 g/mol. The smallest absolute Gasteiger partial charge is 0.236 e. The minimum atomic E-state index is 0.205. The SMILES string of the molecule is CCCN(CC(=O)N(C)C)C1CNCC(C)C1. The van der Waals surface area contributed by atoms with Gasteiger partial charge < -0.3 is 10.2 Å². The Morgan fingerprint density at radius 3 is 2.59 bits per heavy atom. The van der Waals surface area contributed by atoms with Crippen molar-refractivity contribution in [2.24, 2.45) is 5.92 Å². The molecule has 1 fully saturated rings. The van der Waals surface area contributed by atoms with Gasteiger partial charge in [0.1, 0.15) is 0 Å². The summed E-state index contributed by atoms with van der Waals surface area (Å²) >= 11 is 0. The third-order valence-corrected chi connectivity index (χ3v) is 3.41. The molecule has 2 atom stereocenters. The van der Waals surface area contributed by atoms with E-state index >= 15 is 0 Å². The first-order chi connectivity index (χ1) is 8.04. The number of rotatable bonds is 5. The summed E-state index contributed by atoms with van der Waals surface area (Å²) in [5.41, 5.74) is 0. The van der Waals surface area contributed by atoms with Crippen molar-refractivity contribution in [1.82, 2.24) is 15.1 Å². The molecule has 0 bridgehead atoms. The van der Waals surface area contributed by atoms with Crippen molar-refractivity contribution < 1.29 is 4.79 Å². The van der Waals surface area contributed by atoms with E-state index in [2.05, 4.69) is 24.1 Å². The molecule has 4 nitrogen and oxygen atoms in total. The molecule has 2 unspecified atom stereocenters. The van der Waals surface area contributed by atoms with Gasteiger partial charge in [0.05, 0.1) is 6.54 Å². The standard InChI is InChI=1S/C13H27N3O/c1-5-6-16(10-13(17)15(3)4)12-7-11(2)8-14-9-12/h11-12,14H,5-10H2,1-4H3. The van der Waals surface area contributed by atoms with Crippen LogP contribution in [-0.2, 0) is 4.79 Å². The molecule has 0 saturated carbocycles. The van der Waals surface area contributed by atoms with Crippen molar-refractivity contribution in [1.29, 1.82) is 0 Å². The van der Waals surface area contributed by atoms with Gasteiger partial charge in [-0.1, -0.05) is 13.8 Å². The maximum Gasteiger partial charge on any atom is 0.236 e.